The van der Waals surface area contributed by atoms with Crippen LogP contribution < -0.4 is 9.47 Å². The van der Waals surface area contributed by atoms with Crippen molar-refractivity contribution in [1.29, 1.82) is 0 Å². The summed E-state index contributed by atoms with van der Waals surface area (Å²) < 4.78 is 10.6. The first-order valence-electron chi connectivity index (χ1n) is 7.23. The SMILES string of the molecule is COc1ccc(CC(C)N2CCC(C(=O)O)C2)cc1OC. The van der Waals surface area contributed by atoms with E-state index in [4.69, 9.17) is 14.6 Å². The van der Waals surface area contributed by atoms with Crippen LogP contribution in [-0.4, -0.2) is 49.3 Å². The molecule has 2 atom stereocenters. The molecule has 0 radical (unpaired) electrons. The number of benzene rings is 1. The molecule has 2 unspecified atom stereocenters. The quantitative estimate of drug-likeness (QED) is 0.870. The average molecular weight is 293 g/mol. The van der Waals surface area contributed by atoms with Gasteiger partial charge >= 0.3 is 5.97 Å². The highest BCUT2D eigenvalue weighted by molar-refractivity contribution is 5.70. The Morgan fingerprint density at radius 3 is 2.67 bits per heavy atom. The third kappa shape index (κ3) is 3.67. The van der Waals surface area contributed by atoms with Crippen molar-refractivity contribution in [2.45, 2.75) is 25.8 Å². The minimum Gasteiger partial charge on any atom is -0.493 e. The highest BCUT2D eigenvalue weighted by Crippen LogP contribution is 2.29. The average Bonchev–Trinajstić information content (AvgIpc) is 2.97. The predicted octanol–water partition coefficient (Wildman–Crippen LogP) is 2.04. The molecule has 1 aromatic carbocycles. The first-order chi connectivity index (χ1) is 10.0. The second-order valence-electron chi connectivity index (χ2n) is 5.56. The number of hydrogen-bond donors (Lipinski definition) is 1. The Bertz CT molecular complexity index is 503. The van der Waals surface area contributed by atoms with Gasteiger partial charge in [-0.3, -0.25) is 9.69 Å². The van der Waals surface area contributed by atoms with Crippen molar-refractivity contribution < 1.29 is 19.4 Å². The molecule has 21 heavy (non-hydrogen) atoms. The molecular formula is C16H23NO4. The fraction of sp³-hybridized carbons (Fsp3) is 0.562. The number of hydrogen-bond acceptors (Lipinski definition) is 4. The Morgan fingerprint density at radius 2 is 2.10 bits per heavy atom. The number of ether oxygens (including phenoxy) is 2. The van der Waals surface area contributed by atoms with Crippen LogP contribution in [0.1, 0.15) is 18.9 Å². The fourth-order valence-corrected chi connectivity index (χ4v) is 2.87. The van der Waals surface area contributed by atoms with Gasteiger partial charge in [-0.15, -0.1) is 0 Å². The molecule has 5 nitrogen and oxygen atoms in total. The van der Waals surface area contributed by atoms with Crippen LogP contribution in [0.25, 0.3) is 0 Å². The third-order valence-electron chi connectivity index (χ3n) is 4.17. The minimum absolute atomic E-state index is 0.224. The van der Waals surface area contributed by atoms with Gasteiger partial charge in [0, 0.05) is 12.6 Å². The summed E-state index contributed by atoms with van der Waals surface area (Å²) in [6.45, 7) is 3.64. The van der Waals surface area contributed by atoms with Crippen LogP contribution in [-0.2, 0) is 11.2 Å². The van der Waals surface area contributed by atoms with E-state index in [0.717, 1.165) is 30.9 Å². The number of carboxylic acid groups (broad SMARTS) is 1. The lowest BCUT2D eigenvalue weighted by atomic mass is 10.1. The molecule has 1 N–H and O–H groups in total. The van der Waals surface area contributed by atoms with Crippen LogP contribution >= 0.6 is 0 Å². The lowest BCUT2D eigenvalue weighted by Gasteiger charge is -2.24. The summed E-state index contributed by atoms with van der Waals surface area (Å²) in [5.41, 5.74) is 1.17. The summed E-state index contributed by atoms with van der Waals surface area (Å²) >= 11 is 0. The molecule has 0 amide bonds. The minimum atomic E-state index is -0.684. The molecule has 1 aliphatic rings. The zero-order chi connectivity index (χ0) is 15.4. The zero-order valence-corrected chi connectivity index (χ0v) is 12.8. The number of rotatable bonds is 6. The van der Waals surface area contributed by atoms with E-state index in [9.17, 15) is 4.79 Å². The van der Waals surface area contributed by atoms with Crippen molar-refractivity contribution >= 4 is 5.97 Å². The molecule has 116 valence electrons. The van der Waals surface area contributed by atoms with Crippen molar-refractivity contribution in [2.75, 3.05) is 27.3 Å². The largest absolute Gasteiger partial charge is 0.493 e. The first kappa shape index (κ1) is 15.6. The number of carbonyl (C=O) groups is 1. The van der Waals surface area contributed by atoms with Gasteiger partial charge in [-0.05, 0) is 44.0 Å². The molecule has 0 aromatic heterocycles. The van der Waals surface area contributed by atoms with E-state index in [0.29, 0.717) is 12.6 Å². The molecule has 0 spiro atoms. The monoisotopic (exact) mass is 293 g/mol. The highest BCUT2D eigenvalue weighted by Gasteiger charge is 2.30. The maximum atomic E-state index is 11.0. The summed E-state index contributed by atoms with van der Waals surface area (Å²) in [6, 6.07) is 6.24. The Kier molecular flexibility index (Phi) is 5.07. The Morgan fingerprint density at radius 1 is 1.38 bits per heavy atom. The van der Waals surface area contributed by atoms with E-state index < -0.39 is 5.97 Å². The van der Waals surface area contributed by atoms with Crippen molar-refractivity contribution in [2.24, 2.45) is 5.92 Å². The summed E-state index contributed by atoms with van der Waals surface area (Å²) in [5.74, 6) is 0.543. The maximum Gasteiger partial charge on any atom is 0.307 e. The summed E-state index contributed by atoms with van der Waals surface area (Å²) in [5, 5.41) is 9.07. The Balaban J connectivity index is 2.00. The first-order valence-corrected chi connectivity index (χ1v) is 7.23. The van der Waals surface area contributed by atoms with Crippen LogP contribution in [0.15, 0.2) is 18.2 Å². The van der Waals surface area contributed by atoms with Crippen molar-refractivity contribution in [1.82, 2.24) is 4.90 Å². The van der Waals surface area contributed by atoms with Crippen LogP contribution in [0.3, 0.4) is 0 Å². The molecule has 1 fully saturated rings. The van der Waals surface area contributed by atoms with E-state index in [1.165, 1.54) is 5.56 Å². The van der Waals surface area contributed by atoms with Gasteiger partial charge < -0.3 is 14.6 Å². The molecule has 1 saturated heterocycles. The number of methoxy groups -OCH3 is 2. The van der Waals surface area contributed by atoms with E-state index in [2.05, 4.69) is 11.8 Å². The van der Waals surface area contributed by atoms with E-state index >= 15 is 0 Å². The van der Waals surface area contributed by atoms with Crippen LogP contribution in [0.4, 0.5) is 0 Å². The van der Waals surface area contributed by atoms with E-state index in [1.54, 1.807) is 14.2 Å². The summed E-state index contributed by atoms with van der Waals surface area (Å²) in [4.78, 5) is 13.3. The predicted molar refractivity (Wildman–Crippen MR) is 80.0 cm³/mol. The zero-order valence-electron chi connectivity index (χ0n) is 12.8. The van der Waals surface area contributed by atoms with Gasteiger partial charge in [0.05, 0.1) is 20.1 Å². The maximum absolute atomic E-state index is 11.0. The molecular weight excluding hydrogens is 270 g/mol. The smallest absolute Gasteiger partial charge is 0.307 e. The van der Waals surface area contributed by atoms with Gasteiger partial charge in [0.25, 0.3) is 0 Å². The molecule has 2 rings (SSSR count). The van der Waals surface area contributed by atoms with Crippen molar-refractivity contribution in [3.8, 4) is 11.5 Å². The summed E-state index contributed by atoms with van der Waals surface area (Å²) in [6.07, 6.45) is 1.61. The van der Waals surface area contributed by atoms with Crippen molar-refractivity contribution in [3.63, 3.8) is 0 Å². The Hall–Kier alpha value is -1.75. The van der Waals surface area contributed by atoms with Gasteiger partial charge in [0.1, 0.15) is 0 Å². The van der Waals surface area contributed by atoms with Gasteiger partial charge in [-0.1, -0.05) is 6.07 Å². The lowest BCUT2D eigenvalue weighted by Crippen LogP contribution is -2.33. The standard InChI is InChI=1S/C16H23NO4/c1-11(17-7-6-13(10-17)16(18)19)8-12-4-5-14(20-2)15(9-12)21-3/h4-5,9,11,13H,6-8,10H2,1-3H3,(H,18,19). The molecule has 0 bridgehead atoms. The number of nitrogens with zero attached hydrogens (tertiary/aromatic N) is 1. The molecule has 1 heterocycles. The van der Waals surface area contributed by atoms with E-state index in [-0.39, 0.29) is 5.92 Å². The molecule has 0 saturated carbocycles. The number of likely N-dealkylation sites (tertiary alicyclic amines) is 1. The molecule has 0 aliphatic carbocycles. The van der Waals surface area contributed by atoms with Gasteiger partial charge in [0.2, 0.25) is 0 Å². The molecule has 5 heteroatoms. The molecule has 1 aromatic rings. The van der Waals surface area contributed by atoms with Crippen LogP contribution in [0.2, 0.25) is 0 Å². The topological polar surface area (TPSA) is 59.0 Å². The van der Waals surface area contributed by atoms with Crippen LogP contribution in [0.5, 0.6) is 11.5 Å². The summed E-state index contributed by atoms with van der Waals surface area (Å²) in [7, 11) is 3.25. The van der Waals surface area contributed by atoms with Crippen molar-refractivity contribution in [3.05, 3.63) is 23.8 Å². The second kappa shape index (κ2) is 6.80. The second-order valence-corrected chi connectivity index (χ2v) is 5.56. The third-order valence-corrected chi connectivity index (χ3v) is 4.17. The number of carboxylic acids is 1. The van der Waals surface area contributed by atoms with E-state index in [1.807, 2.05) is 18.2 Å². The Labute approximate surface area is 125 Å². The molecule has 1 aliphatic heterocycles. The number of aliphatic carboxylic acids is 1. The lowest BCUT2D eigenvalue weighted by molar-refractivity contribution is -0.141. The van der Waals surface area contributed by atoms with Gasteiger partial charge in [-0.2, -0.15) is 0 Å². The fourth-order valence-electron chi connectivity index (χ4n) is 2.87. The van der Waals surface area contributed by atoms with Gasteiger partial charge in [-0.25, -0.2) is 0 Å². The van der Waals surface area contributed by atoms with Gasteiger partial charge in [0.15, 0.2) is 11.5 Å². The normalized spacial score (nSPS) is 20.2. The highest BCUT2D eigenvalue weighted by atomic mass is 16.5. The van der Waals surface area contributed by atoms with Crippen LogP contribution in [0, 0.1) is 5.92 Å².